The zero-order valence-corrected chi connectivity index (χ0v) is 11.3. The summed E-state index contributed by atoms with van der Waals surface area (Å²) < 4.78 is 27.3. The molecule has 22 heavy (non-hydrogen) atoms. The van der Waals surface area contributed by atoms with Crippen LogP contribution >= 0.6 is 0 Å². The lowest BCUT2D eigenvalue weighted by atomic mass is 10.2. The summed E-state index contributed by atoms with van der Waals surface area (Å²) >= 11 is 0. The highest BCUT2D eigenvalue weighted by atomic mass is 19.3. The molecule has 3 rings (SSSR count). The van der Waals surface area contributed by atoms with Crippen LogP contribution in [0.1, 0.15) is 22.5 Å². The summed E-state index contributed by atoms with van der Waals surface area (Å²) in [7, 11) is 0. The van der Waals surface area contributed by atoms with E-state index in [-0.39, 0.29) is 22.8 Å². The number of nitrogens with zero attached hydrogens (tertiary/aromatic N) is 2. The van der Waals surface area contributed by atoms with Gasteiger partial charge in [-0.05, 0) is 30.3 Å². The second-order valence-corrected chi connectivity index (χ2v) is 4.66. The average molecular weight is 302 g/mol. The van der Waals surface area contributed by atoms with E-state index in [1.54, 1.807) is 30.3 Å². The van der Waals surface area contributed by atoms with Gasteiger partial charge in [0.2, 0.25) is 0 Å². The van der Waals surface area contributed by atoms with Crippen LogP contribution in [-0.2, 0) is 0 Å². The molecule has 0 fully saturated rings. The Hall–Kier alpha value is -2.96. The van der Waals surface area contributed by atoms with E-state index >= 15 is 0 Å². The first-order chi connectivity index (χ1) is 10.6. The number of carbonyl (C=O) groups excluding carboxylic acids is 1. The number of nitrogens with two attached hydrogens (primary N) is 1. The summed E-state index contributed by atoms with van der Waals surface area (Å²) in [6, 6.07) is 12.3. The number of carbonyl (C=O) groups is 1. The van der Waals surface area contributed by atoms with Gasteiger partial charge in [0.25, 0.3) is 12.3 Å². The lowest BCUT2D eigenvalue weighted by molar-refractivity contribution is 0.102. The first-order valence-corrected chi connectivity index (χ1v) is 6.49. The number of rotatable bonds is 3. The van der Waals surface area contributed by atoms with Gasteiger partial charge >= 0.3 is 0 Å². The van der Waals surface area contributed by atoms with Crippen molar-refractivity contribution in [3.8, 4) is 0 Å². The Morgan fingerprint density at radius 2 is 1.86 bits per heavy atom. The smallest absolute Gasteiger partial charge is 0.274 e. The van der Waals surface area contributed by atoms with E-state index in [1.807, 2.05) is 0 Å². The minimum atomic E-state index is -2.67. The predicted octanol–water partition coefficient (Wildman–Crippen LogP) is 3.11. The van der Waals surface area contributed by atoms with Crippen LogP contribution in [0.4, 0.5) is 20.3 Å². The molecule has 7 heteroatoms. The molecule has 0 atom stereocenters. The van der Waals surface area contributed by atoms with Crippen LogP contribution in [-0.4, -0.2) is 15.5 Å². The van der Waals surface area contributed by atoms with E-state index in [0.717, 1.165) is 0 Å². The van der Waals surface area contributed by atoms with Crippen LogP contribution in [0.15, 0.2) is 48.5 Å². The number of fused-ring (bicyclic) bond motifs is 1. The molecule has 0 spiro atoms. The van der Waals surface area contributed by atoms with Crippen molar-refractivity contribution in [2.24, 2.45) is 0 Å². The van der Waals surface area contributed by atoms with Gasteiger partial charge < -0.3 is 11.1 Å². The first kappa shape index (κ1) is 14.0. The van der Waals surface area contributed by atoms with Crippen molar-refractivity contribution in [3.05, 3.63) is 59.8 Å². The Bertz CT molecular complexity index is 844. The van der Waals surface area contributed by atoms with Gasteiger partial charge in [-0.1, -0.05) is 18.2 Å². The fourth-order valence-corrected chi connectivity index (χ4v) is 2.16. The van der Waals surface area contributed by atoms with Crippen LogP contribution < -0.4 is 11.1 Å². The van der Waals surface area contributed by atoms with E-state index in [4.69, 9.17) is 5.73 Å². The highest BCUT2D eigenvalue weighted by Crippen LogP contribution is 2.27. The number of hydrogen-bond donors (Lipinski definition) is 2. The summed E-state index contributed by atoms with van der Waals surface area (Å²) in [6.07, 6.45) is -2.67. The molecular formula is C15H12F2N4O. The van der Waals surface area contributed by atoms with Crippen molar-refractivity contribution in [3.63, 3.8) is 0 Å². The zero-order chi connectivity index (χ0) is 15.7. The Balaban J connectivity index is 1.96. The molecule has 3 aromatic rings. The van der Waals surface area contributed by atoms with Crippen molar-refractivity contribution in [2.45, 2.75) is 6.43 Å². The zero-order valence-electron chi connectivity index (χ0n) is 11.3. The van der Waals surface area contributed by atoms with Gasteiger partial charge in [-0.2, -0.15) is 5.10 Å². The second-order valence-electron chi connectivity index (χ2n) is 4.66. The Kier molecular flexibility index (Phi) is 3.46. The third-order valence-corrected chi connectivity index (χ3v) is 3.20. The minimum Gasteiger partial charge on any atom is -0.382 e. The SMILES string of the molecule is Nc1ccc2ccc(C(=O)Nc3ccccc3C(F)F)n2n1. The van der Waals surface area contributed by atoms with Crippen molar-refractivity contribution in [1.29, 1.82) is 0 Å². The lowest BCUT2D eigenvalue weighted by Crippen LogP contribution is -2.16. The van der Waals surface area contributed by atoms with Crippen LogP contribution in [0, 0.1) is 0 Å². The number of amides is 1. The molecule has 0 aliphatic heterocycles. The number of anilines is 2. The summed E-state index contributed by atoms with van der Waals surface area (Å²) in [5.41, 5.74) is 6.34. The van der Waals surface area contributed by atoms with Gasteiger partial charge in [0.1, 0.15) is 11.5 Å². The molecule has 2 heterocycles. The lowest BCUT2D eigenvalue weighted by Gasteiger charge is -2.10. The maximum atomic E-state index is 12.9. The Morgan fingerprint density at radius 1 is 1.14 bits per heavy atom. The van der Waals surface area contributed by atoms with Crippen molar-refractivity contribution in [2.75, 3.05) is 11.1 Å². The highest BCUT2D eigenvalue weighted by molar-refractivity contribution is 6.04. The normalized spacial score (nSPS) is 11.0. The number of para-hydroxylation sites is 1. The Labute approximate surface area is 124 Å². The molecule has 0 unspecified atom stereocenters. The topological polar surface area (TPSA) is 72.4 Å². The van der Waals surface area contributed by atoms with Crippen molar-refractivity contribution < 1.29 is 13.6 Å². The molecule has 1 amide bonds. The van der Waals surface area contributed by atoms with Crippen LogP contribution in [0.3, 0.4) is 0 Å². The van der Waals surface area contributed by atoms with Gasteiger partial charge in [0.15, 0.2) is 0 Å². The maximum Gasteiger partial charge on any atom is 0.274 e. The number of hydrogen-bond acceptors (Lipinski definition) is 3. The van der Waals surface area contributed by atoms with E-state index in [1.165, 1.54) is 22.7 Å². The number of alkyl halides is 2. The molecule has 3 N–H and O–H groups in total. The number of aromatic nitrogens is 2. The van der Waals surface area contributed by atoms with Crippen LogP contribution in [0.2, 0.25) is 0 Å². The molecule has 0 saturated heterocycles. The summed E-state index contributed by atoms with van der Waals surface area (Å²) in [5, 5.41) is 6.53. The van der Waals surface area contributed by atoms with Crippen molar-refractivity contribution in [1.82, 2.24) is 9.61 Å². The monoisotopic (exact) mass is 302 g/mol. The van der Waals surface area contributed by atoms with Gasteiger partial charge in [-0.3, -0.25) is 4.79 Å². The first-order valence-electron chi connectivity index (χ1n) is 6.49. The number of nitrogens with one attached hydrogen (secondary N) is 1. The standard InChI is InChI=1S/C15H12F2N4O/c16-14(17)10-3-1-2-4-11(10)19-15(22)12-7-5-9-6-8-13(18)20-21(9)12/h1-8,14H,(H2,18,20)(H,19,22). The molecule has 1 aromatic carbocycles. The summed E-state index contributed by atoms with van der Waals surface area (Å²) in [5.74, 6) is -0.281. The van der Waals surface area contributed by atoms with Gasteiger partial charge in [0, 0.05) is 11.3 Å². The fourth-order valence-electron chi connectivity index (χ4n) is 2.16. The molecule has 5 nitrogen and oxygen atoms in total. The highest BCUT2D eigenvalue weighted by Gasteiger charge is 2.17. The number of halogens is 2. The van der Waals surface area contributed by atoms with Gasteiger partial charge in [0.05, 0.1) is 5.52 Å². The minimum absolute atomic E-state index is 0.0707. The third kappa shape index (κ3) is 2.48. The van der Waals surface area contributed by atoms with E-state index in [2.05, 4.69) is 10.4 Å². The number of benzene rings is 1. The average Bonchev–Trinajstić information content (AvgIpc) is 2.90. The van der Waals surface area contributed by atoms with Gasteiger partial charge in [-0.15, -0.1) is 0 Å². The number of nitrogen functional groups attached to an aromatic ring is 1. The van der Waals surface area contributed by atoms with Crippen LogP contribution in [0.25, 0.3) is 5.52 Å². The Morgan fingerprint density at radius 3 is 2.64 bits per heavy atom. The van der Waals surface area contributed by atoms with Crippen LogP contribution in [0.5, 0.6) is 0 Å². The fraction of sp³-hybridized carbons (Fsp3) is 0.0667. The molecule has 0 aliphatic rings. The molecule has 0 saturated carbocycles. The summed E-state index contributed by atoms with van der Waals surface area (Å²) in [4.78, 5) is 12.3. The van der Waals surface area contributed by atoms with Gasteiger partial charge in [-0.25, -0.2) is 13.3 Å². The van der Waals surface area contributed by atoms with E-state index in [9.17, 15) is 13.6 Å². The largest absolute Gasteiger partial charge is 0.382 e. The van der Waals surface area contributed by atoms with E-state index < -0.39 is 12.3 Å². The third-order valence-electron chi connectivity index (χ3n) is 3.20. The molecule has 2 aromatic heterocycles. The molecular weight excluding hydrogens is 290 g/mol. The molecule has 112 valence electrons. The predicted molar refractivity (Wildman–Crippen MR) is 79.0 cm³/mol. The summed E-state index contributed by atoms with van der Waals surface area (Å²) in [6.45, 7) is 0. The molecule has 0 radical (unpaired) electrons. The maximum absolute atomic E-state index is 12.9. The molecule has 0 aliphatic carbocycles. The molecule has 0 bridgehead atoms. The second kappa shape index (κ2) is 5.44. The van der Waals surface area contributed by atoms with E-state index in [0.29, 0.717) is 5.52 Å². The quantitative estimate of drug-likeness (QED) is 0.781. The van der Waals surface area contributed by atoms with Crippen molar-refractivity contribution >= 4 is 22.9 Å².